The minimum Gasteiger partial charge on any atom is -0.425 e. The molecule has 0 aliphatic carbocycles. The van der Waals surface area contributed by atoms with Crippen LogP contribution in [0.3, 0.4) is 0 Å². The molecule has 5 heteroatoms. The molecule has 0 aromatic carbocycles. The molecule has 1 aliphatic rings. The highest BCUT2D eigenvalue weighted by molar-refractivity contribution is 7.99. The van der Waals surface area contributed by atoms with Crippen molar-refractivity contribution in [2.24, 2.45) is 5.92 Å². The van der Waals surface area contributed by atoms with Gasteiger partial charge in [0.2, 0.25) is 11.8 Å². The Hall–Kier alpha value is -0.220. The van der Waals surface area contributed by atoms with Gasteiger partial charge in [0.05, 0.1) is 0 Å². The Balaban J connectivity index is 1.81. The molecule has 1 aromatic heterocycles. The fraction of sp³-hybridized carbons (Fsp3) is 0.818. The Morgan fingerprint density at radius 1 is 1.25 bits per heavy atom. The molecular weight excluding hydrogens is 244 g/mol. The second kappa shape index (κ2) is 6.50. The summed E-state index contributed by atoms with van der Waals surface area (Å²) in [7, 11) is 0. The van der Waals surface area contributed by atoms with Crippen molar-refractivity contribution in [3.8, 4) is 0 Å². The van der Waals surface area contributed by atoms with Crippen LogP contribution in [0.25, 0.3) is 0 Å². The van der Waals surface area contributed by atoms with E-state index >= 15 is 0 Å². The van der Waals surface area contributed by atoms with E-state index in [2.05, 4.69) is 10.2 Å². The number of alkyl halides is 1. The van der Waals surface area contributed by atoms with Crippen LogP contribution in [0.1, 0.15) is 31.0 Å². The molecule has 0 unspecified atom stereocenters. The van der Waals surface area contributed by atoms with Crippen molar-refractivity contribution >= 4 is 23.4 Å². The number of rotatable bonds is 5. The van der Waals surface area contributed by atoms with Gasteiger partial charge in [-0.1, -0.05) is 0 Å². The molecule has 3 nitrogen and oxygen atoms in total. The highest BCUT2D eigenvalue weighted by atomic mass is 35.5. The van der Waals surface area contributed by atoms with Gasteiger partial charge in [0.25, 0.3) is 0 Å². The summed E-state index contributed by atoms with van der Waals surface area (Å²) in [6, 6.07) is 0. The fourth-order valence-electron chi connectivity index (χ4n) is 1.89. The van der Waals surface area contributed by atoms with Crippen LogP contribution in [0, 0.1) is 5.92 Å². The Kier molecular flexibility index (Phi) is 4.97. The summed E-state index contributed by atoms with van der Waals surface area (Å²) in [5.41, 5.74) is 0. The molecule has 1 saturated heterocycles. The highest BCUT2D eigenvalue weighted by Gasteiger charge is 2.17. The van der Waals surface area contributed by atoms with E-state index in [9.17, 15) is 0 Å². The molecule has 2 rings (SSSR count). The molecule has 0 radical (unpaired) electrons. The summed E-state index contributed by atoms with van der Waals surface area (Å²) >= 11 is 7.67. The fourth-order valence-corrected chi connectivity index (χ4v) is 3.23. The second-order valence-corrected chi connectivity index (χ2v) is 5.74. The topological polar surface area (TPSA) is 38.9 Å². The van der Waals surface area contributed by atoms with E-state index in [1.165, 1.54) is 24.3 Å². The van der Waals surface area contributed by atoms with Gasteiger partial charge in [0.1, 0.15) is 0 Å². The van der Waals surface area contributed by atoms with Gasteiger partial charge in [0, 0.05) is 18.7 Å². The monoisotopic (exact) mass is 260 g/mol. The van der Waals surface area contributed by atoms with Crippen LogP contribution in [0.2, 0.25) is 0 Å². The normalized spacial score (nSPS) is 17.8. The second-order valence-electron chi connectivity index (χ2n) is 4.14. The quantitative estimate of drug-likeness (QED) is 0.763. The number of hydrogen-bond donors (Lipinski definition) is 0. The van der Waals surface area contributed by atoms with Crippen molar-refractivity contribution in [1.29, 1.82) is 0 Å². The standard InChI is InChI=1S/C11H17ClN2OS/c12-5-1-2-10-13-14-11(15-10)8-9-3-6-16-7-4-9/h9H,1-8H2. The first kappa shape index (κ1) is 12.2. The van der Waals surface area contributed by atoms with Crippen LogP contribution in [0.15, 0.2) is 4.42 Å². The Morgan fingerprint density at radius 3 is 2.75 bits per heavy atom. The van der Waals surface area contributed by atoms with E-state index in [4.69, 9.17) is 16.0 Å². The SMILES string of the molecule is ClCCCc1nnc(CC2CCSCC2)o1. The molecule has 0 saturated carbocycles. The molecule has 16 heavy (non-hydrogen) atoms. The maximum absolute atomic E-state index is 5.62. The molecule has 1 aromatic rings. The van der Waals surface area contributed by atoms with Crippen molar-refractivity contribution in [2.45, 2.75) is 32.1 Å². The van der Waals surface area contributed by atoms with Crippen LogP contribution < -0.4 is 0 Å². The van der Waals surface area contributed by atoms with Gasteiger partial charge < -0.3 is 4.42 Å². The van der Waals surface area contributed by atoms with Gasteiger partial charge in [-0.25, -0.2) is 0 Å². The summed E-state index contributed by atoms with van der Waals surface area (Å²) in [6.07, 6.45) is 5.23. The summed E-state index contributed by atoms with van der Waals surface area (Å²) in [4.78, 5) is 0. The number of aromatic nitrogens is 2. The van der Waals surface area contributed by atoms with Gasteiger partial charge in [-0.15, -0.1) is 21.8 Å². The van der Waals surface area contributed by atoms with E-state index < -0.39 is 0 Å². The zero-order valence-electron chi connectivity index (χ0n) is 9.32. The summed E-state index contributed by atoms with van der Waals surface area (Å²) in [6.45, 7) is 0. The third-order valence-electron chi connectivity index (χ3n) is 2.84. The highest BCUT2D eigenvalue weighted by Crippen LogP contribution is 2.25. The average molecular weight is 261 g/mol. The molecule has 0 spiro atoms. The number of halogens is 1. The third kappa shape index (κ3) is 3.67. The molecule has 2 heterocycles. The first-order valence-electron chi connectivity index (χ1n) is 5.83. The third-order valence-corrected chi connectivity index (χ3v) is 4.15. The number of thioether (sulfide) groups is 1. The predicted octanol–water partition coefficient (Wildman–Crippen LogP) is 2.93. The smallest absolute Gasteiger partial charge is 0.216 e. The molecular formula is C11H17ClN2OS. The van der Waals surface area contributed by atoms with Crippen LogP contribution in [-0.4, -0.2) is 27.6 Å². The lowest BCUT2D eigenvalue weighted by molar-refractivity contribution is 0.390. The zero-order valence-corrected chi connectivity index (χ0v) is 10.9. The van der Waals surface area contributed by atoms with Crippen molar-refractivity contribution < 1.29 is 4.42 Å². The van der Waals surface area contributed by atoms with Crippen LogP contribution in [0.4, 0.5) is 0 Å². The lowest BCUT2D eigenvalue weighted by atomic mass is 9.99. The largest absolute Gasteiger partial charge is 0.425 e. The zero-order chi connectivity index (χ0) is 11.2. The van der Waals surface area contributed by atoms with Gasteiger partial charge in [-0.2, -0.15) is 11.8 Å². The first-order valence-corrected chi connectivity index (χ1v) is 7.52. The number of aryl methyl sites for hydroxylation is 1. The Morgan fingerprint density at radius 2 is 2.00 bits per heavy atom. The Bertz CT molecular complexity index is 313. The van der Waals surface area contributed by atoms with Gasteiger partial charge in [0.15, 0.2) is 0 Å². The molecule has 1 fully saturated rings. The van der Waals surface area contributed by atoms with Crippen LogP contribution in [-0.2, 0) is 12.8 Å². The first-order chi connectivity index (χ1) is 7.88. The minimum absolute atomic E-state index is 0.650. The lowest BCUT2D eigenvalue weighted by Gasteiger charge is -2.19. The van der Waals surface area contributed by atoms with E-state index in [1.54, 1.807) is 0 Å². The number of hydrogen-bond acceptors (Lipinski definition) is 4. The van der Waals surface area contributed by atoms with Crippen LogP contribution in [0.5, 0.6) is 0 Å². The lowest BCUT2D eigenvalue weighted by Crippen LogP contribution is -2.12. The van der Waals surface area contributed by atoms with Crippen LogP contribution >= 0.6 is 23.4 Å². The van der Waals surface area contributed by atoms with E-state index in [0.717, 1.165) is 37.0 Å². The molecule has 0 N–H and O–H groups in total. The molecule has 90 valence electrons. The summed E-state index contributed by atoms with van der Waals surface area (Å²) < 4.78 is 5.60. The van der Waals surface area contributed by atoms with Crippen molar-refractivity contribution in [3.63, 3.8) is 0 Å². The van der Waals surface area contributed by atoms with Crippen molar-refractivity contribution in [1.82, 2.24) is 10.2 Å². The van der Waals surface area contributed by atoms with Gasteiger partial charge in [-0.3, -0.25) is 0 Å². The maximum atomic E-state index is 5.62. The molecule has 1 aliphatic heterocycles. The molecule has 0 atom stereocenters. The Labute approximate surface area is 105 Å². The van der Waals surface area contributed by atoms with Crippen molar-refractivity contribution in [2.75, 3.05) is 17.4 Å². The average Bonchev–Trinajstić information content (AvgIpc) is 2.75. The minimum atomic E-state index is 0.650. The van der Waals surface area contributed by atoms with E-state index in [0.29, 0.717) is 5.88 Å². The van der Waals surface area contributed by atoms with Crippen molar-refractivity contribution in [3.05, 3.63) is 11.8 Å². The summed E-state index contributed by atoms with van der Waals surface area (Å²) in [5.74, 6) is 5.48. The number of nitrogens with zero attached hydrogens (tertiary/aromatic N) is 2. The molecule has 0 amide bonds. The van der Waals surface area contributed by atoms with E-state index in [1.807, 2.05) is 11.8 Å². The van der Waals surface area contributed by atoms with E-state index in [-0.39, 0.29) is 0 Å². The van der Waals surface area contributed by atoms with Gasteiger partial charge >= 0.3 is 0 Å². The molecule has 0 bridgehead atoms. The maximum Gasteiger partial charge on any atom is 0.216 e. The summed E-state index contributed by atoms with van der Waals surface area (Å²) in [5, 5.41) is 8.14. The predicted molar refractivity (Wildman–Crippen MR) is 67.1 cm³/mol. The van der Waals surface area contributed by atoms with Gasteiger partial charge in [-0.05, 0) is 36.7 Å².